The average Bonchev–Trinajstić information content (AvgIpc) is 2.45. The second-order valence-corrected chi connectivity index (χ2v) is 6.31. The van der Waals surface area contributed by atoms with Crippen LogP contribution in [0.2, 0.25) is 0 Å². The Labute approximate surface area is 145 Å². The molecule has 0 aliphatic rings. The summed E-state index contributed by atoms with van der Waals surface area (Å²) in [4.78, 5) is 0. The number of benzene rings is 2. The Balaban J connectivity index is 2.41. The van der Waals surface area contributed by atoms with Crippen LogP contribution in [0.5, 0.6) is 17.2 Å². The fourth-order valence-electron chi connectivity index (χ4n) is 1.64. The zero-order chi connectivity index (χ0) is 15.6. The number of rotatable bonds is 4. The van der Waals surface area contributed by atoms with E-state index in [4.69, 9.17) is 9.47 Å². The first-order valence-corrected chi connectivity index (χ1v) is 8.41. The van der Waals surface area contributed by atoms with Crippen molar-refractivity contribution in [2.75, 3.05) is 7.11 Å². The molecule has 0 aliphatic carbocycles. The standard InChI is InChI=1S/C14H9Br3F2O2/c1-20-12-4-9(17)13(5-8(12)16)21-14-10(18)2-7(6-15)3-11(14)19/h2-5H,6H2,1H3. The smallest absolute Gasteiger partial charge is 0.198 e. The van der Waals surface area contributed by atoms with Gasteiger partial charge in [-0.3, -0.25) is 0 Å². The van der Waals surface area contributed by atoms with Gasteiger partial charge in [0.25, 0.3) is 0 Å². The third-order valence-corrected chi connectivity index (χ3v) is 4.52. The lowest BCUT2D eigenvalue weighted by Gasteiger charge is -2.12. The van der Waals surface area contributed by atoms with Crippen LogP contribution in [0.1, 0.15) is 5.56 Å². The molecule has 0 atom stereocenters. The number of alkyl halides is 1. The summed E-state index contributed by atoms with van der Waals surface area (Å²) >= 11 is 9.73. The van der Waals surface area contributed by atoms with Gasteiger partial charge in [0.15, 0.2) is 17.4 Å². The zero-order valence-corrected chi connectivity index (χ0v) is 15.5. The largest absolute Gasteiger partial charge is 0.496 e. The molecule has 2 aromatic rings. The van der Waals surface area contributed by atoms with Crippen molar-refractivity contribution in [3.05, 3.63) is 50.4 Å². The molecule has 2 rings (SSSR count). The van der Waals surface area contributed by atoms with Gasteiger partial charge < -0.3 is 9.47 Å². The van der Waals surface area contributed by atoms with Crippen LogP contribution in [-0.2, 0) is 5.33 Å². The molecular formula is C14H9Br3F2O2. The summed E-state index contributed by atoms with van der Waals surface area (Å²) in [6, 6.07) is 5.65. The molecule has 7 heteroatoms. The lowest BCUT2D eigenvalue weighted by Crippen LogP contribution is -1.96. The van der Waals surface area contributed by atoms with Crippen LogP contribution >= 0.6 is 47.8 Å². The minimum absolute atomic E-state index is 0.270. The molecule has 0 bridgehead atoms. The highest BCUT2D eigenvalue weighted by molar-refractivity contribution is 9.11. The molecule has 2 aromatic carbocycles. The second kappa shape index (κ2) is 7.07. The van der Waals surface area contributed by atoms with Crippen LogP contribution in [-0.4, -0.2) is 7.11 Å². The van der Waals surface area contributed by atoms with E-state index in [9.17, 15) is 8.78 Å². The summed E-state index contributed by atoms with van der Waals surface area (Å²) in [5.41, 5.74) is 0.493. The van der Waals surface area contributed by atoms with E-state index in [-0.39, 0.29) is 5.75 Å². The molecule has 0 aliphatic heterocycles. The Morgan fingerprint density at radius 3 is 2.00 bits per heavy atom. The topological polar surface area (TPSA) is 18.5 Å². The monoisotopic (exact) mass is 484 g/mol. The van der Waals surface area contributed by atoms with Crippen molar-refractivity contribution in [3.63, 3.8) is 0 Å². The normalized spacial score (nSPS) is 10.6. The highest BCUT2D eigenvalue weighted by atomic mass is 79.9. The quantitative estimate of drug-likeness (QED) is 0.480. The third kappa shape index (κ3) is 3.76. The van der Waals surface area contributed by atoms with Crippen LogP contribution < -0.4 is 9.47 Å². The van der Waals surface area contributed by atoms with E-state index in [1.165, 1.54) is 19.2 Å². The van der Waals surface area contributed by atoms with Gasteiger partial charge in [0.1, 0.15) is 11.5 Å². The number of hydrogen-bond donors (Lipinski definition) is 0. The van der Waals surface area contributed by atoms with Crippen LogP contribution in [0, 0.1) is 11.6 Å². The van der Waals surface area contributed by atoms with Crippen molar-refractivity contribution in [1.29, 1.82) is 0 Å². The van der Waals surface area contributed by atoms with Crippen LogP contribution in [0.4, 0.5) is 8.78 Å². The Hall–Kier alpha value is -0.660. The van der Waals surface area contributed by atoms with Crippen LogP contribution in [0.3, 0.4) is 0 Å². The fourth-order valence-corrected chi connectivity index (χ4v) is 2.85. The van der Waals surface area contributed by atoms with Crippen molar-refractivity contribution >= 4 is 47.8 Å². The maximum Gasteiger partial charge on any atom is 0.198 e. The van der Waals surface area contributed by atoms with E-state index in [1.807, 2.05) is 0 Å². The molecule has 0 aromatic heterocycles. The molecule has 0 amide bonds. The molecule has 0 radical (unpaired) electrons. The van der Waals surface area contributed by atoms with Crippen molar-refractivity contribution in [3.8, 4) is 17.2 Å². The maximum absolute atomic E-state index is 13.9. The third-order valence-electron chi connectivity index (χ3n) is 2.63. The maximum atomic E-state index is 13.9. The number of halogens is 5. The molecule has 21 heavy (non-hydrogen) atoms. The molecule has 0 heterocycles. The summed E-state index contributed by atoms with van der Waals surface area (Å²) in [6.45, 7) is 0. The Morgan fingerprint density at radius 1 is 0.952 bits per heavy atom. The highest BCUT2D eigenvalue weighted by Gasteiger charge is 2.16. The minimum Gasteiger partial charge on any atom is -0.496 e. The SMILES string of the molecule is COc1cc(Br)c(Oc2c(F)cc(CBr)cc2F)cc1Br. The highest BCUT2D eigenvalue weighted by Crippen LogP contribution is 2.39. The van der Waals surface area contributed by atoms with Crippen LogP contribution in [0.25, 0.3) is 0 Å². The van der Waals surface area contributed by atoms with E-state index in [0.29, 0.717) is 25.6 Å². The minimum atomic E-state index is -0.761. The van der Waals surface area contributed by atoms with E-state index < -0.39 is 17.4 Å². The summed E-state index contributed by atoms with van der Waals surface area (Å²) in [5.74, 6) is -1.12. The number of methoxy groups -OCH3 is 1. The van der Waals surface area contributed by atoms with Gasteiger partial charge in [0.2, 0.25) is 0 Å². The lowest BCUT2D eigenvalue weighted by atomic mass is 10.2. The first kappa shape index (κ1) is 16.7. The number of hydrogen-bond acceptors (Lipinski definition) is 2. The molecule has 0 fully saturated rings. The molecular weight excluding hydrogens is 478 g/mol. The predicted molar refractivity (Wildman–Crippen MR) is 87.5 cm³/mol. The van der Waals surface area contributed by atoms with E-state index >= 15 is 0 Å². The molecule has 0 saturated heterocycles. The molecule has 0 saturated carbocycles. The average molecular weight is 487 g/mol. The summed E-state index contributed by atoms with van der Waals surface area (Å²) in [5, 5.41) is 0.360. The molecule has 0 spiro atoms. The van der Waals surface area contributed by atoms with Gasteiger partial charge in [-0.2, -0.15) is 0 Å². The van der Waals surface area contributed by atoms with Crippen LogP contribution in [0.15, 0.2) is 33.2 Å². The molecule has 2 nitrogen and oxygen atoms in total. The summed E-state index contributed by atoms with van der Waals surface area (Å²) < 4.78 is 39.5. The van der Waals surface area contributed by atoms with Crippen molar-refractivity contribution in [2.24, 2.45) is 0 Å². The van der Waals surface area contributed by atoms with Gasteiger partial charge in [-0.25, -0.2) is 8.78 Å². The van der Waals surface area contributed by atoms with Crippen molar-refractivity contribution < 1.29 is 18.3 Å². The van der Waals surface area contributed by atoms with Gasteiger partial charge in [0, 0.05) is 5.33 Å². The zero-order valence-electron chi connectivity index (χ0n) is 10.7. The van der Waals surface area contributed by atoms with Gasteiger partial charge in [-0.05, 0) is 61.7 Å². The fraction of sp³-hybridized carbons (Fsp3) is 0.143. The molecule has 0 N–H and O–H groups in total. The molecule has 112 valence electrons. The molecule has 0 unspecified atom stereocenters. The predicted octanol–water partition coefficient (Wildman–Crippen LogP) is 6.19. The van der Waals surface area contributed by atoms with Gasteiger partial charge in [-0.15, -0.1) is 0 Å². The van der Waals surface area contributed by atoms with Crippen molar-refractivity contribution in [2.45, 2.75) is 5.33 Å². The Bertz CT molecular complexity index is 655. The Morgan fingerprint density at radius 2 is 1.48 bits per heavy atom. The first-order chi connectivity index (χ1) is 9.96. The van der Waals surface area contributed by atoms with E-state index in [1.54, 1.807) is 12.1 Å². The van der Waals surface area contributed by atoms with Gasteiger partial charge in [-0.1, -0.05) is 15.9 Å². The van der Waals surface area contributed by atoms with E-state index in [0.717, 1.165) is 0 Å². The summed E-state index contributed by atoms with van der Waals surface area (Å²) in [7, 11) is 1.52. The van der Waals surface area contributed by atoms with Gasteiger partial charge in [0.05, 0.1) is 16.1 Å². The second-order valence-electron chi connectivity index (χ2n) is 4.04. The lowest BCUT2D eigenvalue weighted by molar-refractivity contribution is 0.397. The van der Waals surface area contributed by atoms with E-state index in [2.05, 4.69) is 47.8 Å². The number of ether oxygens (including phenoxy) is 2. The Kier molecular flexibility index (Phi) is 5.62. The first-order valence-electron chi connectivity index (χ1n) is 5.71. The van der Waals surface area contributed by atoms with Crippen molar-refractivity contribution in [1.82, 2.24) is 0 Å². The summed E-state index contributed by atoms with van der Waals surface area (Å²) in [6.07, 6.45) is 0. The van der Waals surface area contributed by atoms with Gasteiger partial charge >= 0.3 is 0 Å².